The van der Waals surface area contributed by atoms with E-state index < -0.39 is 0 Å². The van der Waals surface area contributed by atoms with Crippen molar-refractivity contribution in [1.82, 2.24) is 25.1 Å². The summed E-state index contributed by atoms with van der Waals surface area (Å²) in [5, 5.41) is 3.78. The second-order valence-corrected chi connectivity index (χ2v) is 9.20. The average molecular weight is 446 g/mol. The number of aromatic nitrogens is 2. The normalized spacial score (nSPS) is 17.5. The number of hydrogen-bond acceptors (Lipinski definition) is 4. The van der Waals surface area contributed by atoms with Crippen LogP contribution < -0.4 is 10.9 Å². The molecule has 2 amide bonds. The maximum absolute atomic E-state index is 12.9. The van der Waals surface area contributed by atoms with Crippen molar-refractivity contribution in [3.05, 3.63) is 75.3 Å². The van der Waals surface area contributed by atoms with Crippen LogP contribution in [-0.4, -0.2) is 52.0 Å². The molecule has 2 heterocycles. The Morgan fingerprint density at radius 3 is 2.64 bits per heavy atom. The van der Waals surface area contributed by atoms with Gasteiger partial charge in [-0.05, 0) is 61.4 Å². The highest BCUT2D eigenvalue weighted by molar-refractivity contribution is 5.77. The summed E-state index contributed by atoms with van der Waals surface area (Å²) >= 11 is 0. The van der Waals surface area contributed by atoms with Crippen LogP contribution in [0, 0.1) is 0 Å². The Hall–Kier alpha value is -3.19. The van der Waals surface area contributed by atoms with E-state index in [1.165, 1.54) is 36.0 Å². The summed E-state index contributed by atoms with van der Waals surface area (Å²) in [5.74, 6) is 0.664. The fraction of sp³-hybridized carbons (Fsp3) is 0.423. The molecule has 1 fully saturated rings. The minimum Gasteiger partial charge on any atom is -0.331 e. The van der Waals surface area contributed by atoms with Crippen LogP contribution in [-0.2, 0) is 19.4 Å². The largest absolute Gasteiger partial charge is 0.331 e. The van der Waals surface area contributed by atoms with E-state index in [0.29, 0.717) is 36.4 Å². The highest BCUT2D eigenvalue weighted by Gasteiger charge is 2.23. The van der Waals surface area contributed by atoms with Gasteiger partial charge < -0.3 is 15.2 Å². The third kappa shape index (κ3) is 4.78. The lowest BCUT2D eigenvalue weighted by Crippen LogP contribution is -2.51. The molecular formula is C26H31N5O2. The third-order valence-electron chi connectivity index (χ3n) is 6.91. The molecule has 172 valence electrons. The molecule has 1 aliphatic heterocycles. The van der Waals surface area contributed by atoms with Crippen LogP contribution in [0.5, 0.6) is 0 Å². The summed E-state index contributed by atoms with van der Waals surface area (Å²) in [6, 6.07) is 14.0. The lowest BCUT2D eigenvalue weighted by Gasteiger charge is -2.35. The number of hydrogen-bond donors (Lipinski definition) is 2. The van der Waals surface area contributed by atoms with E-state index in [1.54, 1.807) is 6.07 Å². The van der Waals surface area contributed by atoms with E-state index in [4.69, 9.17) is 0 Å². The van der Waals surface area contributed by atoms with Crippen molar-refractivity contribution in [3.8, 4) is 0 Å². The SMILES string of the molecule is CC(NC(=O)N1CCN(Cc2nc3ccccc3c(=O)[nH]2)CC1)c1ccc2c(c1)CCCC2. The van der Waals surface area contributed by atoms with E-state index >= 15 is 0 Å². The standard InChI is InChI=1S/C26H31N5O2/c1-18(20-11-10-19-6-2-3-7-21(19)16-20)27-26(33)31-14-12-30(13-15-31)17-24-28-23-9-5-4-8-22(23)25(32)29-24/h4-5,8-11,16,18H,2-3,6-7,12-15,17H2,1H3,(H,27,33)(H,28,29,32). The fourth-order valence-electron chi connectivity index (χ4n) is 4.91. The van der Waals surface area contributed by atoms with Gasteiger partial charge in [-0.25, -0.2) is 9.78 Å². The molecule has 2 aliphatic rings. The highest BCUT2D eigenvalue weighted by atomic mass is 16.2. The number of aromatic amines is 1. The van der Waals surface area contributed by atoms with Gasteiger partial charge in [0.05, 0.1) is 23.5 Å². The minimum absolute atomic E-state index is 0.0166. The molecule has 3 aromatic rings. The summed E-state index contributed by atoms with van der Waals surface area (Å²) in [5.41, 5.74) is 4.68. The van der Waals surface area contributed by atoms with E-state index in [-0.39, 0.29) is 17.6 Å². The van der Waals surface area contributed by atoms with Crippen molar-refractivity contribution >= 4 is 16.9 Å². The number of fused-ring (bicyclic) bond motifs is 2. The smallest absolute Gasteiger partial charge is 0.317 e. The van der Waals surface area contributed by atoms with Crippen LogP contribution in [0.2, 0.25) is 0 Å². The molecule has 0 bridgehead atoms. The Balaban J connectivity index is 1.16. The number of urea groups is 1. The highest BCUT2D eigenvalue weighted by Crippen LogP contribution is 2.25. The summed E-state index contributed by atoms with van der Waals surface area (Å²) < 4.78 is 0. The first-order valence-corrected chi connectivity index (χ1v) is 11.9. The van der Waals surface area contributed by atoms with Crippen LogP contribution >= 0.6 is 0 Å². The number of nitrogens with zero attached hydrogens (tertiary/aromatic N) is 3. The number of para-hydroxylation sites is 1. The number of carbonyl (C=O) groups is 1. The van der Waals surface area contributed by atoms with Gasteiger partial charge in [0.25, 0.3) is 5.56 Å². The van der Waals surface area contributed by atoms with Gasteiger partial charge in [-0.15, -0.1) is 0 Å². The first-order valence-electron chi connectivity index (χ1n) is 11.9. The molecule has 1 unspecified atom stereocenters. The molecule has 7 heteroatoms. The summed E-state index contributed by atoms with van der Waals surface area (Å²) in [6.07, 6.45) is 4.84. The predicted octanol–water partition coefficient (Wildman–Crippen LogP) is 3.39. The monoisotopic (exact) mass is 445 g/mol. The summed E-state index contributed by atoms with van der Waals surface area (Å²) in [4.78, 5) is 36.8. The second kappa shape index (κ2) is 9.35. The summed E-state index contributed by atoms with van der Waals surface area (Å²) in [7, 11) is 0. The Morgan fingerprint density at radius 1 is 1.06 bits per heavy atom. The van der Waals surface area contributed by atoms with E-state index in [1.807, 2.05) is 23.1 Å². The first-order chi connectivity index (χ1) is 16.1. The summed E-state index contributed by atoms with van der Waals surface area (Å²) in [6.45, 7) is 5.43. The van der Waals surface area contributed by atoms with Gasteiger partial charge >= 0.3 is 6.03 Å². The first kappa shape index (κ1) is 21.6. The van der Waals surface area contributed by atoms with Crippen LogP contribution in [0.15, 0.2) is 47.3 Å². The van der Waals surface area contributed by atoms with E-state index in [9.17, 15) is 9.59 Å². The van der Waals surface area contributed by atoms with E-state index in [2.05, 4.69) is 45.3 Å². The van der Waals surface area contributed by atoms with Crippen LogP contribution in [0.4, 0.5) is 4.79 Å². The average Bonchev–Trinajstić information content (AvgIpc) is 2.84. The van der Waals surface area contributed by atoms with Crippen molar-refractivity contribution < 1.29 is 4.79 Å². The van der Waals surface area contributed by atoms with Gasteiger partial charge in [-0.3, -0.25) is 9.69 Å². The molecular weight excluding hydrogens is 414 g/mol. The molecule has 2 N–H and O–H groups in total. The van der Waals surface area contributed by atoms with Crippen molar-refractivity contribution in [3.63, 3.8) is 0 Å². The van der Waals surface area contributed by atoms with E-state index in [0.717, 1.165) is 19.5 Å². The van der Waals surface area contributed by atoms with Crippen LogP contribution in [0.3, 0.4) is 0 Å². The molecule has 5 rings (SSSR count). The van der Waals surface area contributed by atoms with Crippen molar-refractivity contribution in [2.45, 2.75) is 45.2 Å². The lowest BCUT2D eigenvalue weighted by atomic mass is 9.89. The lowest BCUT2D eigenvalue weighted by molar-refractivity contribution is 0.132. The molecule has 0 saturated carbocycles. The molecule has 33 heavy (non-hydrogen) atoms. The molecule has 7 nitrogen and oxygen atoms in total. The molecule has 1 atom stereocenters. The zero-order valence-electron chi connectivity index (χ0n) is 19.1. The number of piperazine rings is 1. The number of amides is 2. The topological polar surface area (TPSA) is 81.3 Å². The molecule has 0 radical (unpaired) electrons. The number of rotatable bonds is 4. The van der Waals surface area contributed by atoms with Gasteiger partial charge in [0.2, 0.25) is 0 Å². The number of carbonyl (C=O) groups excluding carboxylic acids is 1. The fourth-order valence-corrected chi connectivity index (χ4v) is 4.91. The second-order valence-electron chi connectivity index (χ2n) is 9.20. The Kier molecular flexibility index (Phi) is 6.13. The van der Waals surface area contributed by atoms with Crippen molar-refractivity contribution in [1.29, 1.82) is 0 Å². The Morgan fingerprint density at radius 2 is 1.82 bits per heavy atom. The third-order valence-corrected chi connectivity index (χ3v) is 6.91. The predicted molar refractivity (Wildman–Crippen MR) is 129 cm³/mol. The zero-order chi connectivity index (χ0) is 22.8. The number of nitrogens with one attached hydrogen (secondary N) is 2. The molecule has 2 aromatic carbocycles. The maximum atomic E-state index is 12.9. The van der Waals surface area contributed by atoms with Crippen molar-refractivity contribution in [2.24, 2.45) is 0 Å². The van der Waals surface area contributed by atoms with Gasteiger partial charge in [0.1, 0.15) is 5.82 Å². The number of aryl methyl sites for hydroxylation is 2. The zero-order valence-corrected chi connectivity index (χ0v) is 19.1. The van der Waals surface area contributed by atoms with Crippen LogP contribution in [0.25, 0.3) is 10.9 Å². The van der Waals surface area contributed by atoms with Gasteiger partial charge in [0, 0.05) is 26.2 Å². The number of H-pyrrole nitrogens is 1. The van der Waals surface area contributed by atoms with Gasteiger partial charge in [-0.2, -0.15) is 0 Å². The van der Waals surface area contributed by atoms with Crippen molar-refractivity contribution in [2.75, 3.05) is 26.2 Å². The Bertz CT molecular complexity index is 1210. The molecule has 1 saturated heterocycles. The molecule has 1 aromatic heterocycles. The van der Waals surface area contributed by atoms with Crippen LogP contribution in [0.1, 0.15) is 48.3 Å². The minimum atomic E-state index is -0.107. The van der Waals surface area contributed by atoms with Gasteiger partial charge in [-0.1, -0.05) is 30.3 Å². The number of benzene rings is 2. The molecule has 1 aliphatic carbocycles. The van der Waals surface area contributed by atoms with Gasteiger partial charge in [0.15, 0.2) is 0 Å². The Labute approximate surface area is 193 Å². The molecule has 0 spiro atoms. The quantitative estimate of drug-likeness (QED) is 0.645. The maximum Gasteiger partial charge on any atom is 0.317 e.